The maximum absolute atomic E-state index is 12.3. The fourth-order valence-electron chi connectivity index (χ4n) is 2.83. The second-order valence-electron chi connectivity index (χ2n) is 5.49. The smallest absolute Gasteiger partial charge is 0.152 e. The highest BCUT2D eigenvalue weighted by Crippen LogP contribution is 2.33. The van der Waals surface area contributed by atoms with Gasteiger partial charge in [-0.3, -0.25) is 4.79 Å². The molecule has 0 aromatic carbocycles. The van der Waals surface area contributed by atoms with E-state index in [2.05, 4.69) is 6.92 Å². The van der Waals surface area contributed by atoms with E-state index < -0.39 is 15.9 Å². The summed E-state index contributed by atoms with van der Waals surface area (Å²) in [5, 5.41) is 0. The van der Waals surface area contributed by atoms with E-state index in [1.165, 1.54) is 12.7 Å². The highest BCUT2D eigenvalue weighted by molar-refractivity contribution is 7.90. The molecule has 0 spiro atoms. The zero-order valence-corrected chi connectivity index (χ0v) is 12.2. The summed E-state index contributed by atoms with van der Waals surface area (Å²) in [5.41, 5.74) is 5.86. The van der Waals surface area contributed by atoms with E-state index in [0.29, 0.717) is 5.92 Å². The molecule has 0 heterocycles. The molecule has 1 aliphatic rings. The minimum atomic E-state index is -3.03. The molecule has 1 rings (SSSR count). The van der Waals surface area contributed by atoms with Crippen LogP contribution >= 0.6 is 0 Å². The number of rotatable bonds is 6. The number of nitrogens with two attached hydrogens (primary N) is 1. The molecule has 4 nitrogen and oxygen atoms in total. The van der Waals surface area contributed by atoms with Crippen LogP contribution in [-0.2, 0) is 14.6 Å². The minimum absolute atomic E-state index is 0.00339. The van der Waals surface area contributed by atoms with Crippen LogP contribution in [0.25, 0.3) is 0 Å². The van der Waals surface area contributed by atoms with Crippen LogP contribution in [-0.4, -0.2) is 32.3 Å². The standard InChI is InChI=1S/C13H25NO3S/c1-3-10-6-4-5-7-11(10)13(15)12(14)8-9-18(2,16)17/h10-12H,3-9,14H2,1-2H3. The first kappa shape index (κ1) is 15.6. The van der Waals surface area contributed by atoms with Gasteiger partial charge in [0.15, 0.2) is 5.78 Å². The van der Waals surface area contributed by atoms with Gasteiger partial charge in [-0.25, -0.2) is 8.42 Å². The largest absolute Gasteiger partial charge is 0.321 e. The third-order valence-electron chi connectivity index (χ3n) is 3.96. The summed E-state index contributed by atoms with van der Waals surface area (Å²) < 4.78 is 22.2. The number of hydrogen-bond donors (Lipinski definition) is 1. The van der Waals surface area contributed by atoms with Crippen LogP contribution in [0.5, 0.6) is 0 Å². The Balaban J connectivity index is 2.56. The summed E-state index contributed by atoms with van der Waals surface area (Å²) in [7, 11) is -3.03. The van der Waals surface area contributed by atoms with Gasteiger partial charge in [-0.1, -0.05) is 26.2 Å². The molecular formula is C13H25NO3S. The molecule has 0 amide bonds. The van der Waals surface area contributed by atoms with Gasteiger partial charge in [0.1, 0.15) is 9.84 Å². The van der Waals surface area contributed by atoms with Crippen LogP contribution < -0.4 is 5.73 Å². The first-order valence-electron chi connectivity index (χ1n) is 6.82. The number of Topliss-reactive ketones (excluding diaryl/α,β-unsaturated/α-hetero) is 1. The third kappa shape index (κ3) is 4.69. The summed E-state index contributed by atoms with van der Waals surface area (Å²) in [6.45, 7) is 2.11. The molecule has 106 valence electrons. The lowest BCUT2D eigenvalue weighted by atomic mass is 9.74. The van der Waals surface area contributed by atoms with E-state index in [-0.39, 0.29) is 23.9 Å². The minimum Gasteiger partial charge on any atom is -0.321 e. The molecule has 1 aliphatic carbocycles. The summed E-state index contributed by atoms with van der Waals surface area (Å²) in [4.78, 5) is 12.3. The zero-order chi connectivity index (χ0) is 13.8. The monoisotopic (exact) mass is 275 g/mol. The van der Waals surface area contributed by atoms with Crippen molar-refractivity contribution in [1.82, 2.24) is 0 Å². The molecule has 3 unspecified atom stereocenters. The van der Waals surface area contributed by atoms with Crippen molar-refractivity contribution >= 4 is 15.6 Å². The van der Waals surface area contributed by atoms with Crippen LogP contribution in [0.1, 0.15) is 45.4 Å². The lowest BCUT2D eigenvalue weighted by Crippen LogP contribution is -2.40. The molecule has 1 fully saturated rings. The van der Waals surface area contributed by atoms with E-state index in [1.807, 2.05) is 0 Å². The highest BCUT2D eigenvalue weighted by Gasteiger charge is 2.32. The summed E-state index contributed by atoms with van der Waals surface area (Å²) in [5.74, 6) is 0.572. The number of sulfone groups is 1. The topological polar surface area (TPSA) is 77.2 Å². The van der Waals surface area contributed by atoms with E-state index >= 15 is 0 Å². The molecule has 18 heavy (non-hydrogen) atoms. The van der Waals surface area contributed by atoms with Crippen molar-refractivity contribution in [1.29, 1.82) is 0 Å². The molecule has 1 saturated carbocycles. The molecule has 0 radical (unpaired) electrons. The zero-order valence-electron chi connectivity index (χ0n) is 11.4. The maximum Gasteiger partial charge on any atom is 0.152 e. The Bertz CT molecular complexity index is 378. The summed E-state index contributed by atoms with van der Waals surface area (Å²) >= 11 is 0. The Morgan fingerprint density at radius 2 is 1.94 bits per heavy atom. The van der Waals surface area contributed by atoms with Gasteiger partial charge in [0.05, 0.1) is 11.8 Å². The second-order valence-corrected chi connectivity index (χ2v) is 7.75. The molecule has 5 heteroatoms. The lowest BCUT2D eigenvalue weighted by molar-refractivity contribution is -0.127. The van der Waals surface area contributed by atoms with Gasteiger partial charge in [0.25, 0.3) is 0 Å². The van der Waals surface area contributed by atoms with E-state index in [9.17, 15) is 13.2 Å². The van der Waals surface area contributed by atoms with Crippen LogP contribution in [0.4, 0.5) is 0 Å². The second kappa shape index (κ2) is 6.66. The molecule has 0 saturated heterocycles. The third-order valence-corrected chi connectivity index (χ3v) is 4.94. The number of hydrogen-bond acceptors (Lipinski definition) is 4. The predicted octanol–water partition coefficient (Wildman–Crippen LogP) is 1.53. The van der Waals surface area contributed by atoms with Gasteiger partial charge in [-0.15, -0.1) is 0 Å². The molecule has 0 aliphatic heterocycles. The molecular weight excluding hydrogens is 250 g/mol. The number of carbonyl (C=O) groups excluding carboxylic acids is 1. The first-order valence-corrected chi connectivity index (χ1v) is 8.88. The number of carbonyl (C=O) groups is 1. The normalized spacial score (nSPS) is 26.8. The van der Waals surface area contributed by atoms with Gasteiger partial charge < -0.3 is 5.73 Å². The molecule has 3 atom stereocenters. The van der Waals surface area contributed by atoms with Crippen LogP contribution in [0.15, 0.2) is 0 Å². The Kier molecular flexibility index (Phi) is 5.79. The van der Waals surface area contributed by atoms with Gasteiger partial charge in [0.2, 0.25) is 0 Å². The quantitative estimate of drug-likeness (QED) is 0.797. The van der Waals surface area contributed by atoms with Gasteiger partial charge in [-0.2, -0.15) is 0 Å². The maximum atomic E-state index is 12.3. The summed E-state index contributed by atoms with van der Waals surface area (Å²) in [6, 6.07) is -0.614. The average Bonchev–Trinajstić information content (AvgIpc) is 2.34. The molecule has 2 N–H and O–H groups in total. The average molecular weight is 275 g/mol. The molecule has 0 bridgehead atoms. The van der Waals surface area contributed by atoms with Crippen molar-refractivity contribution in [2.45, 2.75) is 51.5 Å². The predicted molar refractivity (Wildman–Crippen MR) is 73.0 cm³/mol. The van der Waals surface area contributed by atoms with Crippen LogP contribution in [0.2, 0.25) is 0 Å². The highest BCUT2D eigenvalue weighted by atomic mass is 32.2. The Labute approximate surface area is 110 Å². The van der Waals surface area contributed by atoms with E-state index in [4.69, 9.17) is 5.73 Å². The van der Waals surface area contributed by atoms with Gasteiger partial charge in [0, 0.05) is 12.2 Å². The Hall–Kier alpha value is -0.420. The lowest BCUT2D eigenvalue weighted by Gasteiger charge is -2.31. The molecule has 0 aromatic rings. The van der Waals surface area contributed by atoms with Gasteiger partial charge >= 0.3 is 0 Å². The van der Waals surface area contributed by atoms with Crippen molar-refractivity contribution in [2.75, 3.05) is 12.0 Å². The van der Waals surface area contributed by atoms with Crippen molar-refractivity contribution in [3.05, 3.63) is 0 Å². The fourth-order valence-corrected chi connectivity index (χ4v) is 3.51. The van der Waals surface area contributed by atoms with Crippen molar-refractivity contribution in [3.63, 3.8) is 0 Å². The van der Waals surface area contributed by atoms with Crippen molar-refractivity contribution in [2.24, 2.45) is 17.6 Å². The van der Waals surface area contributed by atoms with Crippen LogP contribution in [0, 0.1) is 11.8 Å². The van der Waals surface area contributed by atoms with E-state index in [0.717, 1.165) is 25.7 Å². The van der Waals surface area contributed by atoms with Crippen molar-refractivity contribution < 1.29 is 13.2 Å². The number of ketones is 1. The Morgan fingerprint density at radius 1 is 1.33 bits per heavy atom. The van der Waals surface area contributed by atoms with Crippen molar-refractivity contribution in [3.8, 4) is 0 Å². The SMILES string of the molecule is CCC1CCCCC1C(=O)C(N)CCS(C)(=O)=O. The Morgan fingerprint density at radius 3 is 2.50 bits per heavy atom. The first-order chi connectivity index (χ1) is 8.35. The summed E-state index contributed by atoms with van der Waals surface area (Å²) in [6.07, 6.45) is 6.75. The van der Waals surface area contributed by atoms with Crippen LogP contribution in [0.3, 0.4) is 0 Å². The molecule has 0 aromatic heterocycles. The van der Waals surface area contributed by atoms with E-state index in [1.54, 1.807) is 0 Å². The fraction of sp³-hybridized carbons (Fsp3) is 0.923. The van der Waals surface area contributed by atoms with Gasteiger partial charge in [-0.05, 0) is 25.2 Å².